The molecule has 3 aromatic rings. The highest BCUT2D eigenvalue weighted by Gasteiger charge is 2.38. The molecule has 6 N–H and O–H groups in total. The monoisotopic (exact) mass is 521 g/mol. The quantitative estimate of drug-likeness (QED) is 0.134. The number of carboxylic acid groups (broad SMARTS) is 2. The van der Waals surface area contributed by atoms with Crippen LogP contribution in [0.3, 0.4) is 0 Å². The summed E-state index contributed by atoms with van der Waals surface area (Å²) in [6, 6.07) is 15.5. The van der Waals surface area contributed by atoms with Gasteiger partial charge in [-0.3, -0.25) is 15.0 Å². The van der Waals surface area contributed by atoms with Crippen LogP contribution < -0.4 is 15.8 Å². The standard InChI is InChI=1S/C21H17N3O6.C2HF3O2/c22-19(23)13-5-7-15(8-6-13)29-21(28)17-10-9-16(30-17)12-1-3-14(4-2-12)20(27)24-11-18(25)26;3-2(4,5)1(6)7/h1-10H,11H2,(H3,22,23)(H,24,27)(H,25,26);(H,6,7). The van der Waals surface area contributed by atoms with Crippen LogP contribution in [0.1, 0.15) is 26.5 Å². The second-order valence-corrected chi connectivity index (χ2v) is 6.95. The third kappa shape index (κ3) is 8.54. The van der Waals surface area contributed by atoms with Gasteiger partial charge in [0.2, 0.25) is 5.76 Å². The van der Waals surface area contributed by atoms with Crippen LogP contribution in [0.5, 0.6) is 5.75 Å². The van der Waals surface area contributed by atoms with Crippen molar-refractivity contribution in [3.63, 3.8) is 0 Å². The number of amides is 1. The number of carbonyl (C=O) groups excluding carboxylic acids is 2. The first-order valence-corrected chi connectivity index (χ1v) is 9.95. The van der Waals surface area contributed by atoms with Crippen LogP contribution >= 0.6 is 0 Å². The van der Waals surface area contributed by atoms with Crippen molar-refractivity contribution in [1.29, 1.82) is 5.41 Å². The van der Waals surface area contributed by atoms with Gasteiger partial charge in [-0.15, -0.1) is 0 Å². The second-order valence-electron chi connectivity index (χ2n) is 6.95. The van der Waals surface area contributed by atoms with E-state index < -0.39 is 36.5 Å². The minimum absolute atomic E-state index is 0.0103. The fourth-order valence-corrected chi connectivity index (χ4v) is 2.51. The zero-order valence-electron chi connectivity index (χ0n) is 18.5. The summed E-state index contributed by atoms with van der Waals surface area (Å²) in [6.07, 6.45) is -5.08. The molecule has 0 unspecified atom stereocenters. The molecular formula is C23H18F3N3O8. The summed E-state index contributed by atoms with van der Waals surface area (Å²) < 4.78 is 42.5. The predicted octanol–water partition coefficient (Wildman–Crippen LogP) is 2.90. The average molecular weight is 521 g/mol. The third-order valence-corrected chi connectivity index (χ3v) is 4.26. The van der Waals surface area contributed by atoms with Gasteiger partial charge in [-0.1, -0.05) is 12.1 Å². The largest absolute Gasteiger partial charge is 0.490 e. The number of ether oxygens (including phenoxy) is 1. The van der Waals surface area contributed by atoms with Crippen molar-refractivity contribution >= 4 is 29.7 Å². The number of carbonyl (C=O) groups is 4. The summed E-state index contributed by atoms with van der Waals surface area (Å²) in [4.78, 5) is 43.5. The molecular weight excluding hydrogens is 503 g/mol. The van der Waals surface area contributed by atoms with Crippen LogP contribution in [0.4, 0.5) is 13.2 Å². The van der Waals surface area contributed by atoms with Crippen LogP contribution in [0.2, 0.25) is 0 Å². The SMILES string of the molecule is N=C(N)c1ccc(OC(=O)c2ccc(-c3ccc(C(=O)NCC(=O)O)cc3)o2)cc1.O=C(O)C(F)(F)F. The Morgan fingerprint density at radius 2 is 1.46 bits per heavy atom. The summed E-state index contributed by atoms with van der Waals surface area (Å²) >= 11 is 0. The highest BCUT2D eigenvalue weighted by atomic mass is 19.4. The minimum Gasteiger partial charge on any atom is -0.480 e. The molecule has 37 heavy (non-hydrogen) atoms. The zero-order valence-corrected chi connectivity index (χ0v) is 18.5. The van der Waals surface area contributed by atoms with Crippen molar-refractivity contribution in [1.82, 2.24) is 5.32 Å². The van der Waals surface area contributed by atoms with Crippen molar-refractivity contribution < 1.29 is 51.7 Å². The van der Waals surface area contributed by atoms with Crippen molar-refractivity contribution in [3.8, 4) is 17.1 Å². The fraction of sp³-hybridized carbons (Fsp3) is 0.0870. The van der Waals surface area contributed by atoms with Crippen molar-refractivity contribution in [2.75, 3.05) is 6.54 Å². The van der Waals surface area contributed by atoms with Gasteiger partial charge in [-0.25, -0.2) is 9.59 Å². The molecule has 3 rings (SSSR count). The summed E-state index contributed by atoms with van der Waals surface area (Å²) in [5, 5.41) is 25.3. The molecule has 0 spiro atoms. The second kappa shape index (κ2) is 12.0. The molecule has 2 aromatic carbocycles. The van der Waals surface area contributed by atoms with Gasteiger partial charge in [0.15, 0.2) is 0 Å². The molecule has 0 aliphatic heterocycles. The fourth-order valence-electron chi connectivity index (χ4n) is 2.51. The van der Waals surface area contributed by atoms with E-state index in [2.05, 4.69) is 5.32 Å². The number of esters is 1. The van der Waals surface area contributed by atoms with E-state index in [0.717, 1.165) is 0 Å². The summed E-state index contributed by atoms with van der Waals surface area (Å²) in [5.41, 5.74) is 6.80. The Kier molecular flexibility index (Phi) is 9.12. The number of halogens is 3. The number of hydrogen-bond acceptors (Lipinski definition) is 7. The Balaban J connectivity index is 0.000000604. The molecule has 0 bridgehead atoms. The molecule has 0 saturated carbocycles. The number of nitrogens with one attached hydrogen (secondary N) is 2. The van der Waals surface area contributed by atoms with Gasteiger partial charge in [-0.05, 0) is 48.5 Å². The maximum Gasteiger partial charge on any atom is 0.490 e. The van der Waals surface area contributed by atoms with Gasteiger partial charge in [-0.2, -0.15) is 13.2 Å². The maximum absolute atomic E-state index is 12.3. The topological polar surface area (TPSA) is 193 Å². The Labute approximate surface area is 205 Å². The molecule has 1 heterocycles. The lowest BCUT2D eigenvalue weighted by molar-refractivity contribution is -0.192. The molecule has 0 atom stereocenters. The number of nitrogens with two attached hydrogens (primary N) is 1. The zero-order chi connectivity index (χ0) is 27.8. The van der Waals surface area contributed by atoms with Gasteiger partial charge in [0.25, 0.3) is 5.91 Å². The smallest absolute Gasteiger partial charge is 0.480 e. The average Bonchev–Trinajstić information content (AvgIpc) is 3.33. The van der Waals surface area contributed by atoms with Crippen molar-refractivity contribution in [3.05, 3.63) is 77.6 Å². The van der Waals surface area contributed by atoms with Gasteiger partial charge in [0, 0.05) is 16.7 Å². The number of alkyl halides is 3. The Morgan fingerprint density at radius 3 is 1.95 bits per heavy atom. The van der Waals surface area contributed by atoms with Crippen molar-refractivity contribution in [2.45, 2.75) is 6.18 Å². The molecule has 11 nitrogen and oxygen atoms in total. The summed E-state index contributed by atoms with van der Waals surface area (Å²) in [5.74, 6) is -4.52. The molecule has 1 amide bonds. The third-order valence-electron chi connectivity index (χ3n) is 4.26. The number of nitrogen functional groups attached to an aromatic ring is 1. The Hall–Kier alpha value is -5.14. The molecule has 194 valence electrons. The van der Waals surface area contributed by atoms with E-state index >= 15 is 0 Å². The van der Waals surface area contributed by atoms with E-state index in [9.17, 15) is 27.6 Å². The number of amidine groups is 1. The van der Waals surface area contributed by atoms with Gasteiger partial charge in [0.1, 0.15) is 23.9 Å². The highest BCUT2D eigenvalue weighted by Crippen LogP contribution is 2.24. The van der Waals surface area contributed by atoms with Crippen LogP contribution in [-0.4, -0.2) is 52.6 Å². The normalized spacial score (nSPS) is 10.5. The first-order valence-electron chi connectivity index (χ1n) is 9.95. The number of rotatable bonds is 7. The van der Waals surface area contributed by atoms with Crippen LogP contribution in [-0.2, 0) is 9.59 Å². The van der Waals surface area contributed by atoms with E-state index in [-0.39, 0.29) is 17.3 Å². The lowest BCUT2D eigenvalue weighted by Crippen LogP contribution is -2.29. The molecule has 0 fully saturated rings. The van der Waals surface area contributed by atoms with Crippen LogP contribution in [0.25, 0.3) is 11.3 Å². The first-order chi connectivity index (χ1) is 17.3. The van der Waals surface area contributed by atoms with Crippen LogP contribution in [0, 0.1) is 5.41 Å². The minimum atomic E-state index is -5.08. The van der Waals surface area contributed by atoms with E-state index in [1.54, 1.807) is 30.3 Å². The number of furan rings is 1. The predicted molar refractivity (Wildman–Crippen MR) is 120 cm³/mol. The summed E-state index contributed by atoms with van der Waals surface area (Å²) in [7, 11) is 0. The van der Waals surface area contributed by atoms with Crippen LogP contribution in [0.15, 0.2) is 65.1 Å². The van der Waals surface area contributed by atoms with E-state index in [1.807, 2.05) is 0 Å². The summed E-state index contributed by atoms with van der Waals surface area (Å²) in [6.45, 7) is -0.471. The van der Waals surface area contributed by atoms with Gasteiger partial charge < -0.3 is 30.4 Å². The number of aliphatic carboxylic acids is 2. The number of carboxylic acids is 2. The molecule has 1 aromatic heterocycles. The molecule has 0 radical (unpaired) electrons. The maximum atomic E-state index is 12.3. The van der Waals surface area contributed by atoms with E-state index in [4.69, 9.17) is 35.3 Å². The first kappa shape index (κ1) is 28.1. The van der Waals surface area contributed by atoms with Gasteiger partial charge >= 0.3 is 24.1 Å². The lowest BCUT2D eigenvalue weighted by Gasteiger charge is -2.04. The molecule has 0 aliphatic rings. The Bertz CT molecular complexity index is 1300. The molecule has 14 heteroatoms. The lowest BCUT2D eigenvalue weighted by atomic mass is 10.1. The number of benzene rings is 2. The molecule has 0 aliphatic carbocycles. The molecule has 0 saturated heterocycles. The van der Waals surface area contributed by atoms with Gasteiger partial charge in [0.05, 0.1) is 0 Å². The van der Waals surface area contributed by atoms with Crippen molar-refractivity contribution in [2.24, 2.45) is 5.73 Å². The van der Waals surface area contributed by atoms with E-state index in [0.29, 0.717) is 22.5 Å². The van der Waals surface area contributed by atoms with E-state index in [1.165, 1.54) is 30.3 Å². The highest BCUT2D eigenvalue weighted by molar-refractivity contribution is 5.96. The number of hydrogen-bond donors (Lipinski definition) is 5. The Morgan fingerprint density at radius 1 is 0.919 bits per heavy atom.